The van der Waals surface area contributed by atoms with Gasteiger partial charge in [0.25, 0.3) is 0 Å². The number of hydrogen-bond acceptors (Lipinski definition) is 4. The number of rotatable bonds is 6. The molecule has 7 heteroatoms. The van der Waals surface area contributed by atoms with Crippen LogP contribution in [0.1, 0.15) is 40.2 Å². The van der Waals surface area contributed by atoms with Crippen LogP contribution in [0.15, 0.2) is 30.3 Å². The van der Waals surface area contributed by atoms with E-state index in [-0.39, 0.29) is 25.0 Å². The molecule has 1 unspecified atom stereocenters. The zero-order valence-corrected chi connectivity index (χ0v) is 16.7. The predicted molar refractivity (Wildman–Crippen MR) is 101 cm³/mol. The lowest BCUT2D eigenvalue weighted by atomic mass is 9.85. The van der Waals surface area contributed by atoms with E-state index < -0.39 is 23.4 Å². The number of benzene rings is 1. The third-order valence-corrected chi connectivity index (χ3v) is 4.69. The maximum Gasteiger partial charge on any atom is 0.407 e. The van der Waals surface area contributed by atoms with E-state index >= 15 is 0 Å². The molecular weight excluding hydrogens is 348 g/mol. The molecule has 2 amide bonds. The number of carbonyl (C=O) groups excluding carboxylic acids is 1. The second-order valence-corrected chi connectivity index (χ2v) is 8.17. The van der Waals surface area contributed by atoms with Crippen LogP contribution in [0.5, 0.6) is 0 Å². The van der Waals surface area contributed by atoms with Crippen LogP contribution in [0.4, 0.5) is 4.79 Å². The SMILES string of the molecule is CC(CNC(=O)[C@@H]1OC(C)(C)OCC1(C)C)N(Cc1ccccc1)C(=O)O. The van der Waals surface area contributed by atoms with Crippen LogP contribution < -0.4 is 5.32 Å². The molecule has 0 radical (unpaired) electrons. The fraction of sp³-hybridized carbons (Fsp3) is 0.600. The van der Waals surface area contributed by atoms with Gasteiger partial charge < -0.3 is 19.9 Å². The minimum atomic E-state index is -1.02. The molecule has 7 nitrogen and oxygen atoms in total. The third-order valence-electron chi connectivity index (χ3n) is 4.69. The van der Waals surface area contributed by atoms with Gasteiger partial charge >= 0.3 is 6.09 Å². The maximum atomic E-state index is 12.7. The van der Waals surface area contributed by atoms with Crippen LogP contribution in [0, 0.1) is 5.41 Å². The Morgan fingerprint density at radius 1 is 1.26 bits per heavy atom. The summed E-state index contributed by atoms with van der Waals surface area (Å²) in [5, 5.41) is 12.4. The largest absolute Gasteiger partial charge is 0.465 e. The molecule has 1 fully saturated rings. The number of amides is 2. The van der Waals surface area contributed by atoms with Gasteiger partial charge in [0.1, 0.15) is 6.10 Å². The molecule has 150 valence electrons. The van der Waals surface area contributed by atoms with Gasteiger partial charge in [-0.3, -0.25) is 9.69 Å². The Labute approximate surface area is 160 Å². The van der Waals surface area contributed by atoms with Crippen molar-refractivity contribution in [3.8, 4) is 0 Å². The molecule has 2 N–H and O–H groups in total. The number of carboxylic acid groups (broad SMARTS) is 1. The average molecular weight is 378 g/mol. The molecule has 27 heavy (non-hydrogen) atoms. The molecule has 0 saturated carbocycles. The smallest absolute Gasteiger partial charge is 0.407 e. The minimum Gasteiger partial charge on any atom is -0.465 e. The molecule has 2 rings (SSSR count). The second kappa shape index (κ2) is 8.27. The highest BCUT2D eigenvalue weighted by Gasteiger charge is 2.45. The van der Waals surface area contributed by atoms with Gasteiger partial charge in [-0.25, -0.2) is 4.79 Å². The van der Waals surface area contributed by atoms with E-state index in [0.29, 0.717) is 6.61 Å². The van der Waals surface area contributed by atoms with Gasteiger partial charge in [0, 0.05) is 24.5 Å². The Morgan fingerprint density at radius 3 is 2.48 bits per heavy atom. The van der Waals surface area contributed by atoms with Gasteiger partial charge in [-0.05, 0) is 26.3 Å². The summed E-state index contributed by atoms with van der Waals surface area (Å²) < 4.78 is 11.5. The number of nitrogens with zero attached hydrogens (tertiary/aromatic N) is 1. The molecule has 1 aromatic carbocycles. The molecule has 0 aromatic heterocycles. The lowest BCUT2D eigenvalue weighted by Gasteiger charge is -2.44. The summed E-state index contributed by atoms with van der Waals surface area (Å²) in [6.07, 6.45) is -1.69. The zero-order valence-electron chi connectivity index (χ0n) is 16.7. The third kappa shape index (κ3) is 5.68. The molecule has 2 atom stereocenters. The van der Waals surface area contributed by atoms with Crippen LogP contribution in [-0.2, 0) is 20.8 Å². The molecule has 1 aliphatic heterocycles. The van der Waals surface area contributed by atoms with E-state index in [1.807, 2.05) is 44.2 Å². The molecule has 1 aliphatic rings. The lowest BCUT2D eigenvalue weighted by Crippen LogP contribution is -2.57. The van der Waals surface area contributed by atoms with Gasteiger partial charge in [0.05, 0.1) is 6.61 Å². The molecular formula is C20H30N2O5. The van der Waals surface area contributed by atoms with Crippen molar-refractivity contribution >= 4 is 12.0 Å². The number of ether oxygens (including phenoxy) is 2. The van der Waals surface area contributed by atoms with Gasteiger partial charge in [-0.2, -0.15) is 0 Å². The van der Waals surface area contributed by atoms with Gasteiger partial charge in [-0.1, -0.05) is 44.2 Å². The topological polar surface area (TPSA) is 88.1 Å². The summed E-state index contributed by atoms with van der Waals surface area (Å²) in [4.78, 5) is 25.7. The first-order valence-electron chi connectivity index (χ1n) is 9.15. The van der Waals surface area contributed by atoms with Crippen molar-refractivity contribution in [2.75, 3.05) is 13.2 Å². The Bertz CT molecular complexity index is 660. The predicted octanol–water partition coefficient (Wildman–Crippen LogP) is 2.85. The molecule has 1 saturated heterocycles. The van der Waals surface area contributed by atoms with Crippen LogP contribution in [0.3, 0.4) is 0 Å². The Kier molecular flexibility index (Phi) is 6.49. The van der Waals surface area contributed by atoms with Crippen molar-refractivity contribution in [1.29, 1.82) is 0 Å². The van der Waals surface area contributed by atoms with Gasteiger partial charge in [0.2, 0.25) is 5.91 Å². The fourth-order valence-corrected chi connectivity index (χ4v) is 2.96. The molecule has 0 bridgehead atoms. The van der Waals surface area contributed by atoms with Crippen molar-refractivity contribution in [3.05, 3.63) is 35.9 Å². The van der Waals surface area contributed by atoms with Crippen LogP contribution in [-0.4, -0.2) is 53.1 Å². The van der Waals surface area contributed by atoms with Crippen LogP contribution >= 0.6 is 0 Å². The molecule has 1 aromatic rings. The van der Waals surface area contributed by atoms with Crippen LogP contribution in [0.25, 0.3) is 0 Å². The Hall–Kier alpha value is -2.12. The summed E-state index contributed by atoms with van der Waals surface area (Å²) >= 11 is 0. The standard InChI is InChI=1S/C20H30N2O5/c1-14(22(18(24)25)12-15-9-7-6-8-10-15)11-21-17(23)16-19(2,3)13-26-20(4,5)27-16/h6-10,14,16H,11-13H2,1-5H3,(H,21,23)(H,24,25)/t14?,16-/m0/s1. The summed E-state index contributed by atoms with van der Waals surface area (Å²) in [6, 6.07) is 8.99. The van der Waals surface area contributed by atoms with E-state index in [4.69, 9.17) is 9.47 Å². The summed E-state index contributed by atoms with van der Waals surface area (Å²) in [5.41, 5.74) is 0.424. The number of carbonyl (C=O) groups is 2. The zero-order chi connectivity index (χ0) is 20.2. The van der Waals surface area contributed by atoms with E-state index in [1.165, 1.54) is 4.90 Å². The first-order valence-corrected chi connectivity index (χ1v) is 9.15. The number of hydrogen-bond donors (Lipinski definition) is 2. The first-order chi connectivity index (χ1) is 12.5. The normalized spacial score (nSPS) is 21.9. The van der Waals surface area contributed by atoms with E-state index in [0.717, 1.165) is 5.56 Å². The molecule has 0 spiro atoms. The lowest BCUT2D eigenvalue weighted by molar-refractivity contribution is -0.304. The second-order valence-electron chi connectivity index (χ2n) is 8.17. The van der Waals surface area contributed by atoms with Crippen molar-refractivity contribution in [1.82, 2.24) is 10.2 Å². The minimum absolute atomic E-state index is 0.204. The fourth-order valence-electron chi connectivity index (χ4n) is 2.96. The van der Waals surface area contributed by atoms with Crippen molar-refractivity contribution in [2.24, 2.45) is 5.41 Å². The number of nitrogens with one attached hydrogen (secondary N) is 1. The van der Waals surface area contributed by atoms with E-state index in [2.05, 4.69) is 5.32 Å². The van der Waals surface area contributed by atoms with Crippen molar-refractivity contribution in [2.45, 2.75) is 59.1 Å². The molecule has 1 heterocycles. The quantitative estimate of drug-likeness (QED) is 0.795. The van der Waals surface area contributed by atoms with Crippen LogP contribution in [0.2, 0.25) is 0 Å². The molecule has 0 aliphatic carbocycles. The van der Waals surface area contributed by atoms with Crippen molar-refractivity contribution in [3.63, 3.8) is 0 Å². The van der Waals surface area contributed by atoms with E-state index in [9.17, 15) is 14.7 Å². The summed E-state index contributed by atoms with van der Waals surface area (Å²) in [5.74, 6) is -1.09. The highest BCUT2D eigenvalue weighted by molar-refractivity contribution is 5.82. The van der Waals surface area contributed by atoms with E-state index in [1.54, 1.807) is 20.8 Å². The van der Waals surface area contributed by atoms with Gasteiger partial charge in [-0.15, -0.1) is 0 Å². The van der Waals surface area contributed by atoms with Gasteiger partial charge in [0.15, 0.2) is 5.79 Å². The monoisotopic (exact) mass is 378 g/mol. The summed E-state index contributed by atoms with van der Waals surface area (Å²) in [6.45, 7) is 10.0. The highest BCUT2D eigenvalue weighted by atomic mass is 16.7. The average Bonchev–Trinajstić information content (AvgIpc) is 2.60. The Morgan fingerprint density at radius 2 is 1.89 bits per heavy atom. The highest BCUT2D eigenvalue weighted by Crippen LogP contribution is 2.34. The first kappa shape index (κ1) is 21.2. The summed E-state index contributed by atoms with van der Waals surface area (Å²) in [7, 11) is 0. The maximum absolute atomic E-state index is 12.7. The Balaban J connectivity index is 1.98. The van der Waals surface area contributed by atoms with Crippen molar-refractivity contribution < 1.29 is 24.2 Å².